The fourth-order valence-electron chi connectivity index (χ4n) is 0.830. The largest absolute Gasteiger partial charge is 1.00 e. The summed E-state index contributed by atoms with van der Waals surface area (Å²) < 4.78 is 47.6. The molecule has 0 saturated carbocycles. The predicted molar refractivity (Wildman–Crippen MR) is 44.5 cm³/mol. The molecule has 0 spiro atoms. The number of halogens is 4. The summed E-state index contributed by atoms with van der Waals surface area (Å²) in [5.74, 6) is -0.411. The van der Waals surface area contributed by atoms with Crippen molar-refractivity contribution in [3.05, 3.63) is 41.6 Å². The average molecular weight is 228 g/mol. The van der Waals surface area contributed by atoms with Crippen LogP contribution in [0.15, 0.2) is 30.2 Å². The number of rotatable bonds is 2. The van der Waals surface area contributed by atoms with Crippen molar-refractivity contribution in [2.24, 2.45) is 0 Å². The zero-order valence-electron chi connectivity index (χ0n) is 7.55. The molecule has 1 aromatic rings. The number of hydrogen-bond acceptors (Lipinski definition) is 0. The first kappa shape index (κ1) is 14.4. The second kappa shape index (κ2) is 6.07. The van der Waals surface area contributed by atoms with E-state index in [-0.39, 0.29) is 62.9 Å². The van der Waals surface area contributed by atoms with E-state index in [0.717, 1.165) is 12.1 Å². The zero-order chi connectivity index (χ0) is 9.90. The maximum atomic E-state index is 12.5. The Morgan fingerprint density at radius 1 is 1.14 bits per heavy atom. The monoisotopic (exact) mass is 228 g/mol. The van der Waals surface area contributed by atoms with Gasteiger partial charge in [-0.1, -0.05) is 18.2 Å². The fraction of sp³-hybridized carbons (Fsp3) is 0. The van der Waals surface area contributed by atoms with E-state index in [9.17, 15) is 17.3 Å². The van der Waals surface area contributed by atoms with E-state index in [2.05, 4.69) is 0 Å². The number of hydrogen-bond donors (Lipinski definition) is 0. The molecule has 0 nitrogen and oxygen atoms in total. The topological polar surface area (TPSA) is 0 Å². The van der Waals surface area contributed by atoms with E-state index in [0.29, 0.717) is 0 Å². The van der Waals surface area contributed by atoms with E-state index in [1.54, 1.807) is 0 Å². The molecule has 6 heteroatoms. The molecule has 0 radical (unpaired) electrons. The molecule has 0 aliphatic carbocycles. The second-order valence-electron chi connectivity index (χ2n) is 2.54. The van der Waals surface area contributed by atoms with Gasteiger partial charge in [0.2, 0.25) is 0 Å². The van der Waals surface area contributed by atoms with Crippen molar-refractivity contribution in [2.75, 3.05) is 0 Å². The van der Waals surface area contributed by atoms with Crippen molar-refractivity contribution in [3.8, 4) is 0 Å². The zero-order valence-corrected chi connectivity index (χ0v) is 10.7. The van der Waals surface area contributed by atoms with Gasteiger partial charge < -0.3 is 12.9 Å². The van der Waals surface area contributed by atoms with Crippen LogP contribution in [0.2, 0.25) is 0 Å². The van der Waals surface area contributed by atoms with Gasteiger partial charge in [-0.15, -0.1) is 5.98 Å². The Labute approximate surface area is 122 Å². The average Bonchev–Trinajstić information content (AvgIpc) is 2.00. The Morgan fingerprint density at radius 3 is 2.29 bits per heavy atom. The van der Waals surface area contributed by atoms with Crippen LogP contribution in [0.25, 0.3) is 6.08 Å². The standard InChI is InChI=1S/C8H6BF4.K/c10-8-3-1-2-7(6-8)4-5-9(11,12)13;/h1-6H;/q-1;+1/b5-4+;. The smallest absolute Gasteiger partial charge is 0.445 e. The van der Waals surface area contributed by atoms with Crippen LogP contribution >= 0.6 is 0 Å². The van der Waals surface area contributed by atoms with E-state index >= 15 is 0 Å². The predicted octanol–water partition coefficient (Wildman–Crippen LogP) is 0.229. The summed E-state index contributed by atoms with van der Waals surface area (Å²) >= 11 is 0. The maximum absolute atomic E-state index is 12.5. The molecule has 0 unspecified atom stereocenters. The van der Waals surface area contributed by atoms with Gasteiger partial charge in [-0.3, -0.25) is 0 Å². The van der Waals surface area contributed by atoms with E-state index < -0.39 is 12.8 Å². The molecule has 0 aliphatic rings. The van der Waals surface area contributed by atoms with Gasteiger partial charge in [-0.05, 0) is 17.7 Å². The Bertz CT molecular complexity index is 321. The number of benzene rings is 1. The molecule has 0 heterocycles. The summed E-state index contributed by atoms with van der Waals surface area (Å²) in [5, 5.41) is 0. The third kappa shape index (κ3) is 5.98. The van der Waals surface area contributed by atoms with Crippen LogP contribution in [0.4, 0.5) is 17.3 Å². The van der Waals surface area contributed by atoms with Gasteiger partial charge >= 0.3 is 58.4 Å². The molecule has 0 saturated heterocycles. The van der Waals surface area contributed by atoms with E-state index in [4.69, 9.17) is 0 Å². The molecule has 70 valence electrons. The van der Waals surface area contributed by atoms with Crippen molar-refractivity contribution in [3.63, 3.8) is 0 Å². The van der Waals surface area contributed by atoms with Crippen LogP contribution in [0.5, 0.6) is 0 Å². The summed E-state index contributed by atoms with van der Waals surface area (Å²) in [6, 6.07) is 4.98. The molecule has 0 aliphatic heterocycles. The van der Waals surface area contributed by atoms with Gasteiger partial charge in [0, 0.05) is 0 Å². The SMILES string of the molecule is Fc1cccc(/C=C/[B-](F)(F)F)c1.[K+]. The molecule has 0 aromatic heterocycles. The minimum atomic E-state index is -4.94. The summed E-state index contributed by atoms with van der Waals surface area (Å²) in [7, 11) is 0. The summed E-state index contributed by atoms with van der Waals surface area (Å²) in [5.41, 5.74) is 0.208. The third-order valence-corrected chi connectivity index (χ3v) is 1.36. The first-order valence-corrected chi connectivity index (χ1v) is 3.62. The molecule has 0 bridgehead atoms. The Hall–Kier alpha value is 0.381. The minimum Gasteiger partial charge on any atom is -0.445 e. The van der Waals surface area contributed by atoms with Crippen molar-refractivity contribution >= 4 is 13.1 Å². The van der Waals surface area contributed by atoms with Gasteiger partial charge in [-0.25, -0.2) is 4.39 Å². The summed E-state index contributed by atoms with van der Waals surface area (Å²) in [4.78, 5) is 0. The van der Waals surface area contributed by atoms with Gasteiger partial charge in [-0.2, -0.15) is 0 Å². The first-order chi connectivity index (χ1) is 5.97. The van der Waals surface area contributed by atoms with E-state index in [1.165, 1.54) is 18.2 Å². The Kier molecular flexibility index (Phi) is 6.24. The first-order valence-electron chi connectivity index (χ1n) is 3.62. The molecule has 1 aromatic carbocycles. The molecule has 0 atom stereocenters. The summed E-state index contributed by atoms with van der Waals surface area (Å²) in [6.07, 6.45) is 0.850. The van der Waals surface area contributed by atoms with Crippen LogP contribution in [-0.4, -0.2) is 6.98 Å². The Balaban J connectivity index is 0.00000169. The van der Waals surface area contributed by atoms with Crippen LogP contribution in [0.3, 0.4) is 0 Å². The van der Waals surface area contributed by atoms with Crippen molar-refractivity contribution in [1.82, 2.24) is 0 Å². The van der Waals surface area contributed by atoms with Crippen molar-refractivity contribution < 1.29 is 68.7 Å². The van der Waals surface area contributed by atoms with Crippen LogP contribution in [0, 0.1) is 5.82 Å². The minimum absolute atomic E-state index is 0. The molecule has 0 fully saturated rings. The van der Waals surface area contributed by atoms with Crippen LogP contribution < -0.4 is 51.4 Å². The summed E-state index contributed by atoms with van der Waals surface area (Å²) in [6.45, 7) is -4.94. The molecular formula is C8H6BF4K. The van der Waals surface area contributed by atoms with Gasteiger partial charge in [0.1, 0.15) is 5.82 Å². The molecule has 0 N–H and O–H groups in total. The van der Waals surface area contributed by atoms with Crippen molar-refractivity contribution in [1.29, 1.82) is 0 Å². The third-order valence-electron chi connectivity index (χ3n) is 1.36. The van der Waals surface area contributed by atoms with Gasteiger partial charge in [0.15, 0.2) is 0 Å². The van der Waals surface area contributed by atoms with Crippen LogP contribution in [-0.2, 0) is 0 Å². The van der Waals surface area contributed by atoms with Gasteiger partial charge in [0.05, 0.1) is 0 Å². The second-order valence-corrected chi connectivity index (χ2v) is 2.54. The fourth-order valence-corrected chi connectivity index (χ4v) is 0.830. The normalized spacial score (nSPS) is 11.4. The quantitative estimate of drug-likeness (QED) is 0.502. The Morgan fingerprint density at radius 2 is 1.79 bits per heavy atom. The maximum Gasteiger partial charge on any atom is 1.00 e. The van der Waals surface area contributed by atoms with E-state index in [1.807, 2.05) is 0 Å². The van der Waals surface area contributed by atoms with Gasteiger partial charge in [0.25, 0.3) is 0 Å². The molecule has 14 heavy (non-hydrogen) atoms. The van der Waals surface area contributed by atoms with Crippen LogP contribution in [0.1, 0.15) is 5.56 Å². The van der Waals surface area contributed by atoms with Crippen molar-refractivity contribution in [2.45, 2.75) is 0 Å². The molecular weight excluding hydrogens is 222 g/mol. The molecule has 1 rings (SSSR count). The molecule has 0 amide bonds.